The lowest BCUT2D eigenvalue weighted by Crippen LogP contribution is -2.21. The van der Waals surface area contributed by atoms with Crippen LogP contribution in [-0.4, -0.2) is 20.7 Å². The average Bonchev–Trinajstić information content (AvgIpc) is 3.38. The summed E-state index contributed by atoms with van der Waals surface area (Å²) in [5, 5.41) is 5.55. The Kier molecular flexibility index (Phi) is 5.61. The smallest absolute Gasteiger partial charge is 0.267 e. The molecule has 0 spiro atoms. The number of hydrogen-bond acceptors (Lipinski definition) is 4. The Balaban J connectivity index is 1.59. The molecule has 1 aromatic carbocycles. The molecule has 6 nitrogen and oxygen atoms in total. The molecule has 0 bridgehead atoms. The molecule has 152 valence electrons. The van der Waals surface area contributed by atoms with Gasteiger partial charge in [-0.05, 0) is 55.5 Å². The molecule has 3 aromatic heterocycles. The van der Waals surface area contributed by atoms with Gasteiger partial charge in [0.05, 0.1) is 21.8 Å². The lowest BCUT2D eigenvalue weighted by atomic mass is 10.1. The number of nitrogens with zero attached hydrogens (tertiary/aromatic N) is 3. The van der Waals surface area contributed by atoms with Gasteiger partial charge in [0.2, 0.25) is 0 Å². The topological polar surface area (TPSA) is 86.9 Å². The monoisotopic (exact) mass is 440 g/mol. The molecular weight excluding hydrogens is 423 g/mol. The summed E-state index contributed by atoms with van der Waals surface area (Å²) in [5.41, 5.74) is 8.28. The van der Waals surface area contributed by atoms with Crippen LogP contribution in [0.1, 0.15) is 29.2 Å². The van der Waals surface area contributed by atoms with E-state index in [-0.39, 0.29) is 6.04 Å². The number of benzene rings is 1. The maximum Gasteiger partial charge on any atom is 0.267 e. The first kappa shape index (κ1) is 20.2. The normalized spacial score (nSPS) is 12.1. The van der Waals surface area contributed by atoms with Gasteiger partial charge in [0.15, 0.2) is 0 Å². The fraction of sp³-hybridized carbons (Fsp3) is 0.136. The molecule has 1 atom stereocenters. The van der Waals surface area contributed by atoms with Gasteiger partial charge < -0.3 is 10.2 Å². The van der Waals surface area contributed by atoms with Crippen LogP contribution in [0.5, 0.6) is 0 Å². The maximum atomic E-state index is 12.0. The van der Waals surface area contributed by atoms with Gasteiger partial charge in [0.25, 0.3) is 5.91 Å². The number of nitrogens with two attached hydrogens (primary N) is 1. The van der Waals surface area contributed by atoms with Crippen molar-refractivity contribution in [3.05, 3.63) is 82.4 Å². The van der Waals surface area contributed by atoms with Crippen molar-refractivity contribution < 1.29 is 9.21 Å². The number of carbonyl (C=O) groups excluding carboxylic acids is 1. The molecule has 30 heavy (non-hydrogen) atoms. The number of halogens is 2. The molecule has 0 aliphatic rings. The summed E-state index contributed by atoms with van der Waals surface area (Å²) >= 11 is 12.1. The second-order valence-corrected chi connectivity index (χ2v) is 7.72. The zero-order valence-corrected chi connectivity index (χ0v) is 17.6. The summed E-state index contributed by atoms with van der Waals surface area (Å²) < 4.78 is 7.62. The van der Waals surface area contributed by atoms with Crippen LogP contribution in [0, 0.1) is 0 Å². The summed E-state index contributed by atoms with van der Waals surface area (Å²) in [6.45, 7) is 1.96. The Hall–Kier alpha value is -3.09. The first-order valence-electron chi connectivity index (χ1n) is 9.26. The third-order valence-corrected chi connectivity index (χ3v) is 5.48. The predicted molar refractivity (Wildman–Crippen MR) is 117 cm³/mol. The standard InChI is InChI=1S/C22H18Cl2N4O2/c1-13(10-16-3-5-21(30-16)15-2-4-17(23)18(24)11-15)28-20(22(25)29)12-19(27-28)14-6-8-26-9-7-14/h2-9,11-13H,10H2,1H3,(H2,25,29). The van der Waals surface area contributed by atoms with E-state index in [2.05, 4.69) is 10.1 Å². The number of aromatic nitrogens is 3. The molecule has 0 saturated carbocycles. The zero-order chi connectivity index (χ0) is 21.3. The van der Waals surface area contributed by atoms with E-state index in [0.29, 0.717) is 33.6 Å². The number of carbonyl (C=O) groups is 1. The van der Waals surface area contributed by atoms with E-state index in [1.165, 1.54) is 0 Å². The molecule has 0 fully saturated rings. The molecule has 0 aliphatic heterocycles. The zero-order valence-electron chi connectivity index (χ0n) is 16.0. The van der Waals surface area contributed by atoms with E-state index in [1.807, 2.05) is 37.3 Å². The quantitative estimate of drug-likeness (QED) is 0.433. The van der Waals surface area contributed by atoms with Crippen LogP contribution in [-0.2, 0) is 6.42 Å². The molecule has 0 radical (unpaired) electrons. The van der Waals surface area contributed by atoms with Crippen LogP contribution in [0.4, 0.5) is 0 Å². The van der Waals surface area contributed by atoms with Gasteiger partial charge in [-0.1, -0.05) is 23.2 Å². The third-order valence-electron chi connectivity index (χ3n) is 4.74. The van der Waals surface area contributed by atoms with Crippen LogP contribution in [0.25, 0.3) is 22.6 Å². The summed E-state index contributed by atoms with van der Waals surface area (Å²) in [6, 6.07) is 14.3. The second-order valence-electron chi connectivity index (χ2n) is 6.91. The van der Waals surface area contributed by atoms with Crippen LogP contribution < -0.4 is 5.73 Å². The Labute approximate surface area is 183 Å². The number of rotatable bonds is 6. The third kappa shape index (κ3) is 4.10. The highest BCUT2D eigenvalue weighted by molar-refractivity contribution is 6.42. The first-order valence-corrected chi connectivity index (χ1v) is 10.0. The van der Waals surface area contributed by atoms with E-state index in [0.717, 1.165) is 16.9 Å². The largest absolute Gasteiger partial charge is 0.461 e. The molecule has 1 unspecified atom stereocenters. The first-order chi connectivity index (χ1) is 14.4. The van der Waals surface area contributed by atoms with Gasteiger partial charge >= 0.3 is 0 Å². The van der Waals surface area contributed by atoms with Gasteiger partial charge in [-0.25, -0.2) is 0 Å². The average molecular weight is 441 g/mol. The minimum absolute atomic E-state index is 0.157. The molecule has 4 rings (SSSR count). The summed E-state index contributed by atoms with van der Waals surface area (Å²) in [4.78, 5) is 16.0. The van der Waals surface area contributed by atoms with Crippen molar-refractivity contribution >= 4 is 29.1 Å². The lowest BCUT2D eigenvalue weighted by molar-refractivity contribution is 0.0987. The highest BCUT2D eigenvalue weighted by Gasteiger charge is 2.20. The SMILES string of the molecule is CC(Cc1ccc(-c2ccc(Cl)c(Cl)c2)o1)n1nc(-c2ccncc2)cc1C(N)=O. The van der Waals surface area contributed by atoms with Crippen LogP contribution in [0.3, 0.4) is 0 Å². The number of hydrogen-bond donors (Lipinski definition) is 1. The number of furan rings is 1. The summed E-state index contributed by atoms with van der Waals surface area (Å²) in [6.07, 6.45) is 3.88. The van der Waals surface area contributed by atoms with Gasteiger partial charge in [-0.15, -0.1) is 0 Å². The lowest BCUT2D eigenvalue weighted by Gasteiger charge is -2.13. The second kappa shape index (κ2) is 8.34. The Bertz CT molecular complexity index is 1200. The fourth-order valence-electron chi connectivity index (χ4n) is 3.25. The van der Waals surface area contributed by atoms with Crippen molar-refractivity contribution in [3.63, 3.8) is 0 Å². The van der Waals surface area contributed by atoms with E-state index in [9.17, 15) is 4.79 Å². The molecule has 4 aromatic rings. The van der Waals surface area contributed by atoms with Crippen molar-refractivity contribution in [2.45, 2.75) is 19.4 Å². The van der Waals surface area contributed by atoms with E-state index >= 15 is 0 Å². The van der Waals surface area contributed by atoms with E-state index < -0.39 is 5.91 Å². The maximum absolute atomic E-state index is 12.0. The van der Waals surface area contributed by atoms with Crippen LogP contribution in [0.2, 0.25) is 10.0 Å². The molecule has 2 N–H and O–H groups in total. The van der Waals surface area contributed by atoms with Gasteiger partial charge in [-0.3, -0.25) is 14.5 Å². The number of pyridine rings is 1. The fourth-order valence-corrected chi connectivity index (χ4v) is 3.55. The van der Waals surface area contributed by atoms with Crippen molar-refractivity contribution in [1.82, 2.24) is 14.8 Å². The molecule has 3 heterocycles. The van der Waals surface area contributed by atoms with Crippen molar-refractivity contribution in [2.24, 2.45) is 5.73 Å². The Morgan fingerprint density at radius 2 is 1.83 bits per heavy atom. The van der Waals surface area contributed by atoms with Gasteiger partial charge in [0.1, 0.15) is 17.2 Å². The minimum Gasteiger partial charge on any atom is -0.461 e. The van der Waals surface area contributed by atoms with E-state index in [1.54, 1.807) is 35.3 Å². The van der Waals surface area contributed by atoms with Crippen molar-refractivity contribution in [1.29, 1.82) is 0 Å². The molecular formula is C22H18Cl2N4O2. The number of primary amides is 1. The molecule has 1 amide bonds. The van der Waals surface area contributed by atoms with Crippen LogP contribution in [0.15, 0.2) is 65.3 Å². The Morgan fingerprint density at radius 3 is 2.53 bits per heavy atom. The Morgan fingerprint density at radius 1 is 1.07 bits per heavy atom. The summed E-state index contributed by atoms with van der Waals surface area (Å²) in [5.74, 6) is 0.898. The summed E-state index contributed by atoms with van der Waals surface area (Å²) in [7, 11) is 0. The minimum atomic E-state index is -0.536. The van der Waals surface area contributed by atoms with E-state index in [4.69, 9.17) is 33.4 Å². The van der Waals surface area contributed by atoms with Crippen molar-refractivity contribution in [2.75, 3.05) is 0 Å². The van der Waals surface area contributed by atoms with Gasteiger partial charge in [0, 0.05) is 29.9 Å². The predicted octanol–water partition coefficient (Wildman–Crippen LogP) is 5.41. The highest BCUT2D eigenvalue weighted by atomic mass is 35.5. The number of amides is 1. The molecule has 0 aliphatic carbocycles. The van der Waals surface area contributed by atoms with Crippen molar-refractivity contribution in [3.8, 4) is 22.6 Å². The van der Waals surface area contributed by atoms with Gasteiger partial charge in [-0.2, -0.15) is 5.10 Å². The molecule has 8 heteroatoms. The highest BCUT2D eigenvalue weighted by Crippen LogP contribution is 2.30. The van der Waals surface area contributed by atoms with Crippen LogP contribution >= 0.6 is 23.2 Å². The molecule has 0 saturated heterocycles.